The van der Waals surface area contributed by atoms with Crippen LogP contribution in [0.1, 0.15) is 30.2 Å². The molecule has 2 aromatic heterocycles. The summed E-state index contributed by atoms with van der Waals surface area (Å²) in [4.78, 5) is 11.0. The first-order chi connectivity index (χ1) is 12.8. The van der Waals surface area contributed by atoms with E-state index >= 15 is 0 Å². The number of likely N-dealkylation sites (tertiary alicyclic amines) is 1. The molecule has 140 valence electrons. The van der Waals surface area contributed by atoms with Crippen LogP contribution >= 0.6 is 0 Å². The number of rotatable bonds is 7. The Hall–Kier alpha value is -2.54. The lowest BCUT2D eigenvalue weighted by Crippen LogP contribution is -2.42. The molecular weight excluding hydrogens is 330 g/mol. The van der Waals surface area contributed by atoms with Gasteiger partial charge < -0.3 is 19.8 Å². The van der Waals surface area contributed by atoms with Gasteiger partial charge in [-0.15, -0.1) is 0 Å². The van der Waals surface area contributed by atoms with E-state index in [0.29, 0.717) is 12.4 Å². The monoisotopic (exact) mass is 357 g/mol. The van der Waals surface area contributed by atoms with E-state index in [-0.39, 0.29) is 6.04 Å². The zero-order chi connectivity index (χ0) is 18.2. The molecule has 0 aromatic carbocycles. The standard InChI is InChI=1S/C19H27N5O2/c1-20-19(22-13-15-7-5-9-21-18(15)25-2)23-14-16(17-8-6-12-26-17)24-10-3-4-11-24/h5-9,12,16H,3-4,10-11,13-14H2,1-2H3,(H2,20,22,23). The van der Waals surface area contributed by atoms with Gasteiger partial charge in [0.25, 0.3) is 0 Å². The van der Waals surface area contributed by atoms with Crippen molar-refractivity contribution in [3.8, 4) is 5.88 Å². The summed E-state index contributed by atoms with van der Waals surface area (Å²) in [6.45, 7) is 3.53. The van der Waals surface area contributed by atoms with E-state index in [0.717, 1.165) is 36.9 Å². The molecule has 0 bridgehead atoms. The van der Waals surface area contributed by atoms with Gasteiger partial charge in [0.15, 0.2) is 5.96 Å². The summed E-state index contributed by atoms with van der Waals surface area (Å²) in [5, 5.41) is 6.74. The number of methoxy groups -OCH3 is 1. The second-order valence-corrected chi connectivity index (χ2v) is 6.25. The van der Waals surface area contributed by atoms with Crippen molar-refractivity contribution in [1.29, 1.82) is 0 Å². The average molecular weight is 357 g/mol. The molecule has 2 N–H and O–H groups in total. The SMILES string of the molecule is CN=C(NCc1cccnc1OC)NCC(c1ccco1)N1CCCC1. The lowest BCUT2D eigenvalue weighted by atomic mass is 10.2. The highest BCUT2D eigenvalue weighted by atomic mass is 16.5. The van der Waals surface area contributed by atoms with Crippen molar-refractivity contribution in [3.63, 3.8) is 0 Å². The summed E-state index contributed by atoms with van der Waals surface area (Å²) < 4.78 is 11.0. The Morgan fingerprint density at radius 2 is 2.15 bits per heavy atom. The number of furan rings is 1. The zero-order valence-electron chi connectivity index (χ0n) is 15.4. The highest BCUT2D eigenvalue weighted by Gasteiger charge is 2.25. The Labute approximate surface area is 154 Å². The molecule has 1 unspecified atom stereocenters. The normalized spacial score (nSPS) is 16.5. The fourth-order valence-corrected chi connectivity index (χ4v) is 3.28. The number of aliphatic imine (C=N–C) groups is 1. The summed E-state index contributed by atoms with van der Waals surface area (Å²) in [6.07, 6.45) is 5.94. The van der Waals surface area contributed by atoms with Gasteiger partial charge in [-0.05, 0) is 44.1 Å². The third kappa shape index (κ3) is 4.54. The van der Waals surface area contributed by atoms with Crippen molar-refractivity contribution < 1.29 is 9.15 Å². The zero-order valence-corrected chi connectivity index (χ0v) is 15.4. The number of guanidine groups is 1. The van der Waals surface area contributed by atoms with Gasteiger partial charge >= 0.3 is 0 Å². The third-order valence-corrected chi connectivity index (χ3v) is 4.63. The van der Waals surface area contributed by atoms with Gasteiger partial charge in [0, 0.05) is 31.9 Å². The van der Waals surface area contributed by atoms with Crippen LogP contribution in [-0.4, -0.2) is 49.6 Å². The van der Waals surface area contributed by atoms with Crippen LogP contribution in [0.4, 0.5) is 0 Å². The minimum absolute atomic E-state index is 0.207. The minimum atomic E-state index is 0.207. The predicted molar refractivity (Wildman–Crippen MR) is 101 cm³/mol. The van der Waals surface area contributed by atoms with Crippen LogP contribution in [0.3, 0.4) is 0 Å². The van der Waals surface area contributed by atoms with Crippen molar-refractivity contribution >= 4 is 5.96 Å². The maximum absolute atomic E-state index is 5.67. The van der Waals surface area contributed by atoms with Crippen LogP contribution in [0.2, 0.25) is 0 Å². The fourth-order valence-electron chi connectivity index (χ4n) is 3.28. The van der Waals surface area contributed by atoms with Crippen molar-refractivity contribution in [2.75, 3.05) is 33.8 Å². The molecule has 3 rings (SSSR count). The molecule has 1 saturated heterocycles. The molecule has 1 aliphatic rings. The quantitative estimate of drug-likeness (QED) is 0.584. The predicted octanol–water partition coefficient (Wildman–Crippen LogP) is 2.19. The third-order valence-electron chi connectivity index (χ3n) is 4.63. The number of aromatic nitrogens is 1. The van der Waals surface area contributed by atoms with Crippen molar-refractivity contribution in [2.24, 2.45) is 4.99 Å². The first-order valence-electron chi connectivity index (χ1n) is 9.01. The van der Waals surface area contributed by atoms with E-state index in [2.05, 4.69) is 25.5 Å². The van der Waals surface area contributed by atoms with E-state index in [1.54, 1.807) is 26.6 Å². The Morgan fingerprint density at radius 1 is 1.31 bits per heavy atom. The Bertz CT molecular complexity index is 696. The van der Waals surface area contributed by atoms with Crippen molar-refractivity contribution in [3.05, 3.63) is 48.0 Å². The van der Waals surface area contributed by atoms with E-state index < -0.39 is 0 Å². The van der Waals surface area contributed by atoms with Gasteiger partial charge in [-0.2, -0.15) is 0 Å². The second-order valence-electron chi connectivity index (χ2n) is 6.25. The number of pyridine rings is 1. The van der Waals surface area contributed by atoms with Gasteiger partial charge in [-0.25, -0.2) is 4.98 Å². The second kappa shape index (κ2) is 9.24. The molecule has 3 heterocycles. The summed E-state index contributed by atoms with van der Waals surface area (Å²) in [6, 6.07) is 8.08. The Kier molecular flexibility index (Phi) is 6.49. The fraction of sp³-hybridized carbons (Fsp3) is 0.474. The van der Waals surface area contributed by atoms with Gasteiger partial charge in [0.05, 0.1) is 19.4 Å². The first kappa shape index (κ1) is 18.3. The van der Waals surface area contributed by atoms with Gasteiger partial charge in [-0.3, -0.25) is 9.89 Å². The summed E-state index contributed by atoms with van der Waals surface area (Å²) >= 11 is 0. The molecule has 2 aromatic rings. The number of hydrogen-bond donors (Lipinski definition) is 2. The molecule has 0 aliphatic carbocycles. The highest BCUT2D eigenvalue weighted by Crippen LogP contribution is 2.24. The average Bonchev–Trinajstić information content (AvgIpc) is 3.39. The lowest BCUT2D eigenvalue weighted by molar-refractivity contribution is 0.215. The molecule has 0 saturated carbocycles. The van der Waals surface area contributed by atoms with E-state index in [4.69, 9.17) is 9.15 Å². The van der Waals surface area contributed by atoms with Gasteiger partial charge in [-0.1, -0.05) is 6.07 Å². The first-order valence-corrected chi connectivity index (χ1v) is 9.01. The number of ether oxygens (including phenoxy) is 1. The molecule has 1 fully saturated rings. The molecule has 7 heteroatoms. The van der Waals surface area contributed by atoms with Gasteiger partial charge in [0.1, 0.15) is 5.76 Å². The summed E-state index contributed by atoms with van der Waals surface area (Å²) in [7, 11) is 3.40. The van der Waals surface area contributed by atoms with Crippen LogP contribution in [0.25, 0.3) is 0 Å². The molecule has 0 amide bonds. The molecule has 0 spiro atoms. The largest absolute Gasteiger partial charge is 0.481 e. The molecule has 1 atom stereocenters. The number of nitrogens with zero attached hydrogens (tertiary/aromatic N) is 3. The number of hydrogen-bond acceptors (Lipinski definition) is 5. The topological polar surface area (TPSA) is 74.9 Å². The Balaban J connectivity index is 1.58. The maximum Gasteiger partial charge on any atom is 0.218 e. The van der Waals surface area contributed by atoms with E-state index in [1.165, 1.54) is 12.8 Å². The maximum atomic E-state index is 5.67. The van der Waals surface area contributed by atoms with E-state index in [9.17, 15) is 0 Å². The lowest BCUT2D eigenvalue weighted by Gasteiger charge is -2.26. The van der Waals surface area contributed by atoms with Crippen LogP contribution in [0, 0.1) is 0 Å². The molecule has 1 aliphatic heterocycles. The Morgan fingerprint density at radius 3 is 2.85 bits per heavy atom. The summed E-state index contributed by atoms with van der Waals surface area (Å²) in [5.74, 6) is 2.36. The van der Waals surface area contributed by atoms with Crippen molar-refractivity contribution in [1.82, 2.24) is 20.5 Å². The summed E-state index contributed by atoms with van der Waals surface area (Å²) in [5.41, 5.74) is 0.986. The highest BCUT2D eigenvalue weighted by molar-refractivity contribution is 5.79. The molecule has 26 heavy (non-hydrogen) atoms. The van der Waals surface area contributed by atoms with Crippen LogP contribution in [0.15, 0.2) is 46.1 Å². The van der Waals surface area contributed by atoms with Gasteiger partial charge in [0.2, 0.25) is 5.88 Å². The van der Waals surface area contributed by atoms with E-state index in [1.807, 2.05) is 24.3 Å². The van der Waals surface area contributed by atoms with Crippen molar-refractivity contribution in [2.45, 2.75) is 25.4 Å². The van der Waals surface area contributed by atoms with Crippen LogP contribution in [0.5, 0.6) is 5.88 Å². The number of nitrogens with one attached hydrogen (secondary N) is 2. The smallest absolute Gasteiger partial charge is 0.218 e. The van der Waals surface area contributed by atoms with Crippen LogP contribution < -0.4 is 15.4 Å². The molecule has 7 nitrogen and oxygen atoms in total. The minimum Gasteiger partial charge on any atom is -0.481 e. The van der Waals surface area contributed by atoms with Crippen LogP contribution in [-0.2, 0) is 6.54 Å². The molecule has 0 radical (unpaired) electrons. The molecular formula is C19H27N5O2.